The van der Waals surface area contributed by atoms with Crippen molar-refractivity contribution in [3.63, 3.8) is 0 Å². The van der Waals surface area contributed by atoms with E-state index in [-0.39, 0.29) is 37.9 Å². The molecule has 3 aromatic rings. The van der Waals surface area contributed by atoms with Gasteiger partial charge in [-0.1, -0.05) is 48.6 Å². The Morgan fingerprint density at radius 3 is 1.65 bits per heavy atom. The largest absolute Gasteiger partial charge is 0.497 e. The summed E-state index contributed by atoms with van der Waals surface area (Å²) in [6, 6.07) is 23.3. The minimum absolute atomic E-state index is 0.0189. The zero-order valence-corrected chi connectivity index (χ0v) is 29.5. The number of hydrogen-bond acceptors (Lipinski definition) is 8. The number of allylic oxidation sites excluding steroid dienone is 2. The van der Waals surface area contributed by atoms with Crippen molar-refractivity contribution in [3.8, 4) is 17.2 Å². The number of piperidine rings is 1. The number of carbonyl (C=O) groups excluding carboxylic acids is 2. The van der Waals surface area contributed by atoms with Gasteiger partial charge in [-0.15, -0.1) is 0 Å². The Kier molecular flexibility index (Phi) is 11.0. The summed E-state index contributed by atoms with van der Waals surface area (Å²) < 4.78 is 29.6. The number of amides is 1. The SMILES string of the molecule is COc1ccc(C(OCC2(COC(=O)CCC(=O)O)CCN(C(=O)C3CC4C=CC3C4)CC2)(c2ccc(OC)cc2)c2ccc(OC)cc2)cc1. The number of methoxy groups -OCH3 is 3. The summed E-state index contributed by atoms with van der Waals surface area (Å²) in [5, 5.41) is 9.14. The smallest absolute Gasteiger partial charge is 0.306 e. The standard InChI is InChI=1S/C41H47NO9/c1-47-33-12-6-30(7-13-33)41(31-8-14-34(48-2)15-9-31,32-10-16-35(49-3)17-11-32)51-27-40(26-50-38(45)19-18-37(43)44)20-22-42(23-21-40)39(46)36-25-28-4-5-29(36)24-28/h4-17,28-29,36H,18-27H2,1-3H3,(H,43,44). The Balaban J connectivity index is 1.35. The Bertz CT molecular complexity index is 1580. The van der Waals surface area contributed by atoms with Crippen LogP contribution in [-0.2, 0) is 29.5 Å². The molecule has 0 aromatic heterocycles. The van der Waals surface area contributed by atoms with Crippen LogP contribution in [0.25, 0.3) is 0 Å². The fourth-order valence-corrected chi connectivity index (χ4v) is 7.83. The van der Waals surface area contributed by atoms with E-state index < -0.39 is 23.0 Å². The molecule has 1 heterocycles. The van der Waals surface area contributed by atoms with E-state index in [9.17, 15) is 14.4 Å². The van der Waals surface area contributed by atoms with Gasteiger partial charge in [0, 0.05) is 24.4 Å². The first-order valence-electron chi connectivity index (χ1n) is 17.6. The van der Waals surface area contributed by atoms with Gasteiger partial charge in [0.15, 0.2) is 0 Å². The molecule has 51 heavy (non-hydrogen) atoms. The molecular weight excluding hydrogens is 650 g/mol. The van der Waals surface area contributed by atoms with Crippen molar-refractivity contribution in [2.75, 3.05) is 47.6 Å². The molecule has 3 unspecified atom stereocenters. The van der Waals surface area contributed by atoms with Gasteiger partial charge in [-0.2, -0.15) is 0 Å². The maximum atomic E-state index is 13.7. The number of aliphatic carboxylic acids is 1. The zero-order valence-electron chi connectivity index (χ0n) is 29.5. The highest BCUT2D eigenvalue weighted by molar-refractivity contribution is 5.80. The van der Waals surface area contributed by atoms with Crippen LogP contribution < -0.4 is 14.2 Å². The Morgan fingerprint density at radius 2 is 1.24 bits per heavy atom. The van der Waals surface area contributed by atoms with Crippen molar-refractivity contribution >= 4 is 17.8 Å². The van der Waals surface area contributed by atoms with Crippen molar-refractivity contribution < 1.29 is 43.2 Å². The molecule has 1 aliphatic heterocycles. The molecule has 1 amide bonds. The topological polar surface area (TPSA) is 121 Å². The Labute approximate surface area is 299 Å². The molecule has 1 saturated heterocycles. The van der Waals surface area contributed by atoms with Gasteiger partial charge in [-0.05, 0) is 90.6 Å². The fourth-order valence-electron chi connectivity index (χ4n) is 7.83. The van der Waals surface area contributed by atoms with Crippen molar-refractivity contribution in [2.24, 2.45) is 23.2 Å². The summed E-state index contributed by atoms with van der Waals surface area (Å²) in [5.74, 6) is 1.49. The maximum Gasteiger partial charge on any atom is 0.306 e. The van der Waals surface area contributed by atoms with Gasteiger partial charge in [0.05, 0.1) is 47.4 Å². The lowest BCUT2D eigenvalue weighted by Crippen LogP contribution is -2.50. The minimum atomic E-state index is -1.13. The molecule has 10 nitrogen and oxygen atoms in total. The molecule has 3 atom stereocenters. The van der Waals surface area contributed by atoms with E-state index in [2.05, 4.69) is 12.2 Å². The highest BCUT2D eigenvalue weighted by Crippen LogP contribution is 2.47. The molecule has 0 radical (unpaired) electrons. The van der Waals surface area contributed by atoms with Crippen LogP contribution in [0.5, 0.6) is 17.2 Å². The van der Waals surface area contributed by atoms with Crippen LogP contribution in [0.1, 0.15) is 55.2 Å². The van der Waals surface area contributed by atoms with Gasteiger partial charge in [0.1, 0.15) is 22.8 Å². The molecule has 3 aromatic carbocycles. The Morgan fingerprint density at radius 1 is 0.725 bits per heavy atom. The molecule has 1 saturated carbocycles. The van der Waals surface area contributed by atoms with E-state index in [0.717, 1.165) is 29.5 Å². The third-order valence-corrected chi connectivity index (χ3v) is 10.9. The highest BCUT2D eigenvalue weighted by Gasteiger charge is 2.46. The second-order valence-corrected chi connectivity index (χ2v) is 13.9. The summed E-state index contributed by atoms with van der Waals surface area (Å²) in [6.45, 7) is 1.23. The molecule has 270 valence electrons. The molecule has 2 bridgehead atoms. The van der Waals surface area contributed by atoms with Gasteiger partial charge in [-0.25, -0.2) is 0 Å². The number of nitrogens with zero attached hydrogens (tertiary/aromatic N) is 1. The number of rotatable bonds is 15. The molecule has 0 spiro atoms. The van der Waals surface area contributed by atoms with Crippen LogP contribution in [0.15, 0.2) is 84.9 Å². The minimum Gasteiger partial charge on any atom is -0.497 e. The van der Waals surface area contributed by atoms with E-state index in [1.165, 1.54) is 0 Å². The summed E-state index contributed by atoms with van der Waals surface area (Å²) in [4.78, 5) is 39.6. The van der Waals surface area contributed by atoms with Crippen molar-refractivity contribution in [2.45, 2.75) is 44.1 Å². The number of carboxylic acid groups (broad SMARTS) is 1. The van der Waals surface area contributed by atoms with E-state index >= 15 is 0 Å². The van der Waals surface area contributed by atoms with Gasteiger partial charge in [-0.3, -0.25) is 14.4 Å². The lowest BCUT2D eigenvalue weighted by molar-refractivity contribution is -0.157. The molecule has 3 aliphatic rings. The number of likely N-dealkylation sites (tertiary alicyclic amines) is 1. The number of esters is 1. The van der Waals surface area contributed by atoms with Crippen LogP contribution in [0.3, 0.4) is 0 Å². The van der Waals surface area contributed by atoms with E-state index in [0.29, 0.717) is 55.0 Å². The monoisotopic (exact) mass is 697 g/mol. The molecule has 10 heteroatoms. The van der Waals surface area contributed by atoms with Crippen molar-refractivity contribution in [1.82, 2.24) is 4.90 Å². The molecular formula is C41H47NO9. The number of fused-ring (bicyclic) bond motifs is 2. The summed E-state index contributed by atoms with van der Waals surface area (Å²) in [7, 11) is 4.87. The van der Waals surface area contributed by atoms with E-state index in [1.54, 1.807) is 21.3 Å². The van der Waals surface area contributed by atoms with Gasteiger partial charge in [0.2, 0.25) is 5.91 Å². The fraction of sp³-hybridized carbons (Fsp3) is 0.439. The first-order chi connectivity index (χ1) is 24.7. The molecule has 2 fully saturated rings. The van der Waals surface area contributed by atoms with Crippen LogP contribution in [0.2, 0.25) is 0 Å². The average molecular weight is 698 g/mol. The van der Waals surface area contributed by atoms with E-state index in [1.807, 2.05) is 77.7 Å². The average Bonchev–Trinajstić information content (AvgIpc) is 3.82. The lowest BCUT2D eigenvalue weighted by Gasteiger charge is -2.45. The summed E-state index contributed by atoms with van der Waals surface area (Å²) >= 11 is 0. The predicted octanol–water partition coefficient (Wildman–Crippen LogP) is 6.25. The molecule has 6 rings (SSSR count). The Hall–Kier alpha value is -4.83. The second kappa shape index (κ2) is 15.6. The summed E-state index contributed by atoms with van der Waals surface area (Å²) in [6.07, 6.45) is 6.97. The van der Waals surface area contributed by atoms with Crippen LogP contribution in [0, 0.1) is 23.2 Å². The zero-order chi connectivity index (χ0) is 36.0. The number of carbonyl (C=O) groups is 3. The molecule has 1 N–H and O–H groups in total. The normalized spacial score (nSPS) is 20.5. The number of hydrogen-bond donors (Lipinski definition) is 1. The van der Waals surface area contributed by atoms with Crippen molar-refractivity contribution in [1.29, 1.82) is 0 Å². The highest BCUT2D eigenvalue weighted by atomic mass is 16.5. The second-order valence-electron chi connectivity index (χ2n) is 13.9. The third-order valence-electron chi connectivity index (χ3n) is 10.9. The third kappa shape index (κ3) is 7.76. The van der Waals surface area contributed by atoms with Crippen molar-refractivity contribution in [3.05, 3.63) is 102 Å². The van der Waals surface area contributed by atoms with Gasteiger partial charge >= 0.3 is 11.9 Å². The van der Waals surface area contributed by atoms with Crippen LogP contribution >= 0.6 is 0 Å². The first kappa shape index (κ1) is 36.0. The maximum absolute atomic E-state index is 13.7. The lowest BCUT2D eigenvalue weighted by atomic mass is 9.77. The van der Waals surface area contributed by atoms with E-state index in [4.69, 9.17) is 28.8 Å². The quantitative estimate of drug-likeness (QED) is 0.112. The number of benzene rings is 3. The van der Waals surface area contributed by atoms with Gasteiger partial charge < -0.3 is 33.7 Å². The molecule has 2 aliphatic carbocycles. The number of carboxylic acids is 1. The summed E-state index contributed by atoms with van der Waals surface area (Å²) in [5.41, 5.74) is 0.770. The first-order valence-corrected chi connectivity index (χ1v) is 17.6. The van der Waals surface area contributed by atoms with Gasteiger partial charge in [0.25, 0.3) is 0 Å². The van der Waals surface area contributed by atoms with Crippen LogP contribution in [-0.4, -0.2) is 75.5 Å². The predicted molar refractivity (Wildman–Crippen MR) is 190 cm³/mol. The van der Waals surface area contributed by atoms with Crippen LogP contribution in [0.4, 0.5) is 0 Å². The number of ether oxygens (including phenoxy) is 5.